The number of carbonyl (C=O) groups is 2. The van der Waals surface area contributed by atoms with Gasteiger partial charge in [-0.05, 0) is 29.2 Å². The SMILES string of the molecule is O=C(N[C@H](Cc1c[nH]c2ccccc12)C(=O)O)[C@H]1OCCc2ccccc21. The fraction of sp³-hybridized carbons (Fsp3) is 0.238. The van der Waals surface area contributed by atoms with Gasteiger partial charge < -0.3 is 20.1 Å². The van der Waals surface area contributed by atoms with Gasteiger partial charge in [-0.2, -0.15) is 0 Å². The molecule has 2 heterocycles. The highest BCUT2D eigenvalue weighted by atomic mass is 16.5. The van der Waals surface area contributed by atoms with Gasteiger partial charge in [-0.1, -0.05) is 42.5 Å². The van der Waals surface area contributed by atoms with E-state index < -0.39 is 24.0 Å². The van der Waals surface area contributed by atoms with Crippen LogP contribution in [0.3, 0.4) is 0 Å². The van der Waals surface area contributed by atoms with Gasteiger partial charge in [0.2, 0.25) is 0 Å². The van der Waals surface area contributed by atoms with Gasteiger partial charge in [0.05, 0.1) is 6.61 Å². The average molecular weight is 364 g/mol. The molecule has 0 saturated carbocycles. The predicted molar refractivity (Wildman–Crippen MR) is 100 cm³/mol. The van der Waals surface area contributed by atoms with Crippen molar-refractivity contribution in [3.63, 3.8) is 0 Å². The van der Waals surface area contributed by atoms with Crippen molar-refractivity contribution in [2.45, 2.75) is 25.0 Å². The molecule has 0 radical (unpaired) electrons. The van der Waals surface area contributed by atoms with Gasteiger partial charge >= 0.3 is 5.97 Å². The number of carbonyl (C=O) groups excluding carboxylic acids is 1. The molecule has 1 aromatic heterocycles. The molecule has 6 nitrogen and oxygen atoms in total. The molecule has 2 aromatic carbocycles. The Morgan fingerprint density at radius 1 is 1.19 bits per heavy atom. The van der Waals surface area contributed by atoms with Crippen molar-refractivity contribution in [3.05, 3.63) is 71.4 Å². The number of rotatable bonds is 5. The topological polar surface area (TPSA) is 91.4 Å². The molecule has 1 aliphatic rings. The standard InChI is InChI=1S/C21H20N2O4/c24-20(19-16-7-2-1-5-13(16)9-10-27-19)23-18(21(25)26)11-14-12-22-17-8-4-3-6-15(14)17/h1-8,12,18-19,22H,9-11H2,(H,23,24)(H,25,26)/t18-,19+/m1/s1. The summed E-state index contributed by atoms with van der Waals surface area (Å²) in [5.41, 5.74) is 3.65. The van der Waals surface area contributed by atoms with Gasteiger partial charge in [-0.15, -0.1) is 0 Å². The van der Waals surface area contributed by atoms with Crippen LogP contribution >= 0.6 is 0 Å². The molecule has 1 aliphatic heterocycles. The molecular formula is C21H20N2O4. The molecule has 3 aromatic rings. The maximum atomic E-state index is 12.8. The molecule has 0 saturated heterocycles. The monoisotopic (exact) mass is 364 g/mol. The van der Waals surface area contributed by atoms with E-state index in [1.165, 1.54) is 0 Å². The van der Waals surface area contributed by atoms with Gasteiger partial charge in [0.1, 0.15) is 6.04 Å². The normalized spacial score (nSPS) is 17.3. The molecule has 4 rings (SSSR count). The highest BCUT2D eigenvalue weighted by Gasteiger charge is 2.30. The minimum atomic E-state index is -1.07. The lowest BCUT2D eigenvalue weighted by Crippen LogP contribution is -2.45. The van der Waals surface area contributed by atoms with E-state index in [1.807, 2.05) is 48.5 Å². The van der Waals surface area contributed by atoms with Crippen LogP contribution in [0.25, 0.3) is 10.9 Å². The van der Waals surface area contributed by atoms with Crippen molar-refractivity contribution < 1.29 is 19.4 Å². The van der Waals surface area contributed by atoms with E-state index in [2.05, 4.69) is 10.3 Å². The number of aliphatic carboxylic acids is 1. The van der Waals surface area contributed by atoms with E-state index in [0.717, 1.165) is 34.0 Å². The van der Waals surface area contributed by atoms with E-state index in [-0.39, 0.29) is 6.42 Å². The number of aromatic amines is 1. The van der Waals surface area contributed by atoms with E-state index in [9.17, 15) is 14.7 Å². The van der Waals surface area contributed by atoms with Gasteiger partial charge in [0.15, 0.2) is 6.10 Å². The first-order valence-electron chi connectivity index (χ1n) is 8.91. The van der Waals surface area contributed by atoms with E-state index >= 15 is 0 Å². The summed E-state index contributed by atoms with van der Waals surface area (Å²) >= 11 is 0. The number of aromatic nitrogens is 1. The molecule has 1 amide bonds. The van der Waals surface area contributed by atoms with E-state index in [1.54, 1.807) is 6.20 Å². The van der Waals surface area contributed by atoms with Crippen molar-refractivity contribution in [1.29, 1.82) is 0 Å². The Morgan fingerprint density at radius 3 is 2.81 bits per heavy atom. The minimum Gasteiger partial charge on any atom is -0.480 e. The highest BCUT2D eigenvalue weighted by Crippen LogP contribution is 2.27. The molecule has 0 spiro atoms. The summed E-state index contributed by atoms with van der Waals surface area (Å²) in [6, 6.07) is 14.3. The third kappa shape index (κ3) is 3.44. The summed E-state index contributed by atoms with van der Waals surface area (Å²) < 4.78 is 5.64. The number of amides is 1. The van der Waals surface area contributed by atoms with Crippen LogP contribution in [0.4, 0.5) is 0 Å². The molecule has 27 heavy (non-hydrogen) atoms. The number of para-hydroxylation sites is 1. The molecule has 3 N–H and O–H groups in total. The fourth-order valence-corrected chi connectivity index (χ4v) is 3.58. The lowest BCUT2D eigenvalue weighted by atomic mass is 9.96. The molecule has 6 heteroatoms. The third-order valence-electron chi connectivity index (χ3n) is 4.95. The molecule has 0 bridgehead atoms. The van der Waals surface area contributed by atoms with Crippen molar-refractivity contribution in [3.8, 4) is 0 Å². The summed E-state index contributed by atoms with van der Waals surface area (Å²) in [6.07, 6.45) is 1.95. The largest absolute Gasteiger partial charge is 0.480 e. The molecule has 138 valence electrons. The number of H-pyrrole nitrogens is 1. The van der Waals surface area contributed by atoms with Crippen LogP contribution in [0.15, 0.2) is 54.7 Å². The number of fused-ring (bicyclic) bond motifs is 2. The number of hydrogen-bond donors (Lipinski definition) is 3. The van der Waals surface area contributed by atoms with Gasteiger partial charge in [-0.3, -0.25) is 4.79 Å². The summed E-state index contributed by atoms with van der Waals surface area (Å²) in [7, 11) is 0. The highest BCUT2D eigenvalue weighted by molar-refractivity contribution is 5.89. The number of hydrogen-bond acceptors (Lipinski definition) is 3. The molecule has 0 aliphatic carbocycles. The van der Waals surface area contributed by atoms with Crippen LogP contribution in [0.2, 0.25) is 0 Å². The number of benzene rings is 2. The van der Waals surface area contributed by atoms with Crippen LogP contribution < -0.4 is 5.32 Å². The summed E-state index contributed by atoms with van der Waals surface area (Å²) in [4.78, 5) is 27.7. The number of nitrogens with one attached hydrogen (secondary N) is 2. The Morgan fingerprint density at radius 2 is 1.96 bits per heavy atom. The second-order valence-corrected chi connectivity index (χ2v) is 6.66. The maximum Gasteiger partial charge on any atom is 0.326 e. The fourth-order valence-electron chi connectivity index (χ4n) is 3.58. The lowest BCUT2D eigenvalue weighted by molar-refractivity contribution is -0.144. The van der Waals surface area contributed by atoms with Gasteiger partial charge in [-0.25, -0.2) is 4.79 Å². The van der Waals surface area contributed by atoms with Crippen LogP contribution in [0.1, 0.15) is 22.8 Å². The number of ether oxygens (including phenoxy) is 1. The Hall–Kier alpha value is -3.12. The quantitative estimate of drug-likeness (QED) is 0.649. The zero-order valence-corrected chi connectivity index (χ0v) is 14.6. The summed E-state index contributed by atoms with van der Waals surface area (Å²) in [5.74, 6) is -1.49. The van der Waals surface area contributed by atoms with Gasteiger partial charge in [0.25, 0.3) is 5.91 Å². The average Bonchev–Trinajstić information content (AvgIpc) is 3.10. The maximum absolute atomic E-state index is 12.8. The summed E-state index contributed by atoms with van der Waals surface area (Å²) in [5, 5.41) is 13.2. The predicted octanol–water partition coefficient (Wildman–Crippen LogP) is 2.59. The number of carboxylic acid groups (broad SMARTS) is 1. The zero-order valence-electron chi connectivity index (χ0n) is 14.6. The first-order chi connectivity index (χ1) is 13.1. The molecular weight excluding hydrogens is 344 g/mol. The van der Waals surface area contributed by atoms with Crippen LogP contribution in [-0.4, -0.2) is 34.6 Å². The first kappa shape index (κ1) is 17.3. The Bertz CT molecular complexity index is 995. The van der Waals surface area contributed by atoms with Crippen LogP contribution in [-0.2, 0) is 27.2 Å². The Balaban J connectivity index is 1.54. The van der Waals surface area contributed by atoms with E-state index in [0.29, 0.717) is 6.61 Å². The second kappa shape index (κ2) is 7.25. The Kier molecular flexibility index (Phi) is 4.64. The van der Waals surface area contributed by atoms with Crippen LogP contribution in [0, 0.1) is 0 Å². The molecule has 0 unspecified atom stereocenters. The van der Waals surface area contributed by atoms with Crippen molar-refractivity contribution in [1.82, 2.24) is 10.3 Å². The third-order valence-corrected chi connectivity index (χ3v) is 4.95. The minimum absolute atomic E-state index is 0.194. The molecule has 0 fully saturated rings. The lowest BCUT2D eigenvalue weighted by Gasteiger charge is -2.26. The number of carboxylic acids is 1. The zero-order chi connectivity index (χ0) is 18.8. The van der Waals surface area contributed by atoms with Crippen LogP contribution in [0.5, 0.6) is 0 Å². The van der Waals surface area contributed by atoms with Crippen molar-refractivity contribution in [2.24, 2.45) is 0 Å². The smallest absolute Gasteiger partial charge is 0.326 e. The van der Waals surface area contributed by atoms with Gasteiger partial charge in [0, 0.05) is 23.5 Å². The summed E-state index contributed by atoms with van der Waals surface area (Å²) in [6.45, 7) is 0.440. The first-order valence-corrected chi connectivity index (χ1v) is 8.91. The second-order valence-electron chi connectivity index (χ2n) is 6.66. The van der Waals surface area contributed by atoms with Crippen molar-refractivity contribution >= 4 is 22.8 Å². The Labute approximate surface area is 156 Å². The molecule has 2 atom stereocenters. The van der Waals surface area contributed by atoms with E-state index in [4.69, 9.17) is 4.74 Å². The van der Waals surface area contributed by atoms with Crippen molar-refractivity contribution in [2.75, 3.05) is 6.61 Å².